The van der Waals surface area contributed by atoms with Gasteiger partial charge in [0.05, 0.1) is 27.4 Å². The number of rotatable bonds is 11. The SMILES string of the molecule is CNC(=O)[C@@H]1C[C@H](NCc2cc(OC)c(OC)cc2OC)CN1CC(c1ccccc1)c1ccccc1. The number of hydrogen-bond donors (Lipinski definition) is 2. The van der Waals surface area contributed by atoms with Gasteiger partial charge >= 0.3 is 0 Å². The van der Waals surface area contributed by atoms with Crippen LogP contribution in [0.3, 0.4) is 0 Å². The van der Waals surface area contributed by atoms with E-state index in [2.05, 4.69) is 64.1 Å². The zero-order chi connectivity index (χ0) is 26.2. The molecule has 0 aromatic heterocycles. The summed E-state index contributed by atoms with van der Waals surface area (Å²) in [5.74, 6) is 2.23. The van der Waals surface area contributed by atoms with E-state index in [9.17, 15) is 4.79 Å². The molecule has 2 N–H and O–H groups in total. The van der Waals surface area contributed by atoms with E-state index in [4.69, 9.17) is 14.2 Å². The highest BCUT2D eigenvalue weighted by atomic mass is 16.5. The van der Waals surface area contributed by atoms with Crippen LogP contribution in [0, 0.1) is 0 Å². The van der Waals surface area contributed by atoms with E-state index < -0.39 is 0 Å². The Balaban J connectivity index is 1.53. The van der Waals surface area contributed by atoms with Gasteiger partial charge in [-0.25, -0.2) is 0 Å². The molecule has 1 aliphatic rings. The number of likely N-dealkylation sites (tertiary alicyclic amines) is 1. The standard InChI is InChI=1S/C30H37N3O4/c1-31-30(34)26-16-24(32-18-23-15-28(36-3)29(37-4)17-27(23)35-2)19-33(26)20-25(21-11-7-5-8-12-21)22-13-9-6-10-14-22/h5-15,17,24-26,32H,16,18-20H2,1-4H3,(H,31,34)/t24-,26-/m0/s1. The van der Waals surface area contributed by atoms with Crippen LogP contribution in [0.25, 0.3) is 0 Å². The average molecular weight is 504 g/mol. The topological polar surface area (TPSA) is 72.1 Å². The van der Waals surface area contributed by atoms with Crippen LogP contribution in [0.15, 0.2) is 72.8 Å². The zero-order valence-electron chi connectivity index (χ0n) is 22.1. The van der Waals surface area contributed by atoms with Gasteiger partial charge in [-0.05, 0) is 23.6 Å². The van der Waals surface area contributed by atoms with Crippen molar-refractivity contribution in [3.05, 3.63) is 89.5 Å². The number of nitrogens with one attached hydrogen (secondary N) is 2. The molecule has 2 atom stereocenters. The van der Waals surface area contributed by atoms with Crippen LogP contribution in [0.4, 0.5) is 0 Å². The lowest BCUT2D eigenvalue weighted by Gasteiger charge is -2.28. The van der Waals surface area contributed by atoms with Gasteiger partial charge < -0.3 is 24.8 Å². The minimum atomic E-state index is -0.204. The van der Waals surface area contributed by atoms with Crippen LogP contribution >= 0.6 is 0 Å². The first-order valence-corrected chi connectivity index (χ1v) is 12.7. The molecule has 0 radical (unpaired) electrons. The van der Waals surface area contributed by atoms with E-state index in [0.29, 0.717) is 18.0 Å². The van der Waals surface area contributed by atoms with Crippen molar-refractivity contribution in [3.63, 3.8) is 0 Å². The van der Waals surface area contributed by atoms with Crippen molar-refractivity contribution in [2.45, 2.75) is 31.0 Å². The van der Waals surface area contributed by atoms with Crippen molar-refractivity contribution in [2.75, 3.05) is 41.5 Å². The Labute approximate surface area is 219 Å². The molecule has 7 heteroatoms. The molecule has 37 heavy (non-hydrogen) atoms. The third-order valence-corrected chi connectivity index (χ3v) is 7.14. The third kappa shape index (κ3) is 6.24. The summed E-state index contributed by atoms with van der Waals surface area (Å²) < 4.78 is 16.5. The number of ether oxygens (including phenoxy) is 3. The fraction of sp³-hybridized carbons (Fsp3) is 0.367. The maximum atomic E-state index is 12.9. The van der Waals surface area contributed by atoms with Crippen molar-refractivity contribution in [1.82, 2.24) is 15.5 Å². The highest BCUT2D eigenvalue weighted by molar-refractivity contribution is 5.82. The number of carbonyl (C=O) groups is 1. The molecule has 0 aliphatic carbocycles. The molecule has 0 saturated carbocycles. The summed E-state index contributed by atoms with van der Waals surface area (Å²) in [6, 6.07) is 24.8. The fourth-order valence-electron chi connectivity index (χ4n) is 5.19. The first kappa shape index (κ1) is 26.5. The summed E-state index contributed by atoms with van der Waals surface area (Å²) in [5.41, 5.74) is 3.47. The van der Waals surface area contributed by atoms with Gasteiger partial charge in [0.25, 0.3) is 0 Å². The highest BCUT2D eigenvalue weighted by Crippen LogP contribution is 2.35. The van der Waals surface area contributed by atoms with Crippen LogP contribution < -0.4 is 24.8 Å². The summed E-state index contributed by atoms with van der Waals surface area (Å²) >= 11 is 0. The largest absolute Gasteiger partial charge is 0.496 e. The van der Waals surface area contributed by atoms with Crippen molar-refractivity contribution in [3.8, 4) is 17.2 Å². The van der Waals surface area contributed by atoms with E-state index >= 15 is 0 Å². The molecule has 1 aliphatic heterocycles. The van der Waals surface area contributed by atoms with Crippen LogP contribution in [0.2, 0.25) is 0 Å². The molecule has 0 bridgehead atoms. The van der Waals surface area contributed by atoms with E-state index in [1.807, 2.05) is 24.3 Å². The van der Waals surface area contributed by atoms with Gasteiger partial charge in [0.2, 0.25) is 5.91 Å². The number of hydrogen-bond acceptors (Lipinski definition) is 6. The minimum Gasteiger partial charge on any atom is -0.496 e. The number of likely N-dealkylation sites (N-methyl/N-ethyl adjacent to an activating group) is 1. The summed E-state index contributed by atoms with van der Waals surface area (Å²) in [5, 5.41) is 6.53. The Kier molecular flexibility index (Phi) is 9.04. The van der Waals surface area contributed by atoms with Gasteiger partial charge in [-0.3, -0.25) is 9.69 Å². The molecule has 0 unspecified atom stereocenters. The molecular weight excluding hydrogens is 466 g/mol. The second-order valence-corrected chi connectivity index (χ2v) is 9.29. The maximum absolute atomic E-state index is 12.9. The molecule has 0 spiro atoms. The first-order chi connectivity index (χ1) is 18.1. The van der Waals surface area contributed by atoms with Gasteiger partial charge in [0, 0.05) is 50.3 Å². The number of carbonyl (C=O) groups excluding carboxylic acids is 1. The molecule has 1 saturated heterocycles. The monoisotopic (exact) mass is 503 g/mol. The van der Waals surface area contributed by atoms with Crippen LogP contribution in [-0.2, 0) is 11.3 Å². The molecular formula is C30H37N3O4. The van der Waals surface area contributed by atoms with E-state index in [1.165, 1.54) is 11.1 Å². The van der Waals surface area contributed by atoms with E-state index in [0.717, 1.165) is 30.8 Å². The van der Waals surface area contributed by atoms with Gasteiger partial charge in [-0.2, -0.15) is 0 Å². The molecule has 1 fully saturated rings. The molecule has 1 heterocycles. The summed E-state index contributed by atoms with van der Waals surface area (Å²) in [7, 11) is 6.60. The smallest absolute Gasteiger partial charge is 0.237 e. The fourth-order valence-corrected chi connectivity index (χ4v) is 5.19. The molecule has 3 aromatic carbocycles. The number of nitrogens with zero attached hydrogens (tertiary/aromatic N) is 1. The molecule has 4 rings (SSSR count). The Bertz CT molecular complexity index is 1120. The summed E-state index contributed by atoms with van der Waals surface area (Å²) in [4.78, 5) is 15.2. The maximum Gasteiger partial charge on any atom is 0.237 e. The van der Waals surface area contributed by atoms with E-state index in [-0.39, 0.29) is 23.9 Å². The third-order valence-electron chi connectivity index (χ3n) is 7.14. The Morgan fingerprint density at radius 3 is 2.00 bits per heavy atom. The van der Waals surface area contributed by atoms with Crippen LogP contribution in [0.5, 0.6) is 17.2 Å². The summed E-state index contributed by atoms with van der Waals surface area (Å²) in [6.45, 7) is 2.11. The number of methoxy groups -OCH3 is 3. The molecule has 1 amide bonds. The second kappa shape index (κ2) is 12.6. The quantitative estimate of drug-likeness (QED) is 0.415. The van der Waals surface area contributed by atoms with Gasteiger partial charge in [-0.15, -0.1) is 0 Å². The molecule has 7 nitrogen and oxygen atoms in total. The van der Waals surface area contributed by atoms with E-state index in [1.54, 1.807) is 28.4 Å². The van der Waals surface area contributed by atoms with Gasteiger partial charge in [0.15, 0.2) is 11.5 Å². The van der Waals surface area contributed by atoms with Crippen molar-refractivity contribution in [1.29, 1.82) is 0 Å². The normalized spacial score (nSPS) is 17.5. The molecule has 3 aromatic rings. The Hall–Kier alpha value is -3.55. The highest BCUT2D eigenvalue weighted by Gasteiger charge is 2.37. The lowest BCUT2D eigenvalue weighted by Crippen LogP contribution is -2.43. The minimum absolute atomic E-state index is 0.0490. The Morgan fingerprint density at radius 1 is 0.892 bits per heavy atom. The first-order valence-electron chi connectivity index (χ1n) is 12.7. The van der Waals surface area contributed by atoms with Gasteiger partial charge in [0.1, 0.15) is 5.75 Å². The Morgan fingerprint density at radius 2 is 1.46 bits per heavy atom. The zero-order valence-corrected chi connectivity index (χ0v) is 22.1. The molecule has 196 valence electrons. The second-order valence-electron chi connectivity index (χ2n) is 9.29. The van der Waals surface area contributed by atoms with Crippen molar-refractivity contribution < 1.29 is 19.0 Å². The average Bonchev–Trinajstić information content (AvgIpc) is 3.37. The predicted molar refractivity (Wildman–Crippen MR) is 145 cm³/mol. The number of amides is 1. The number of benzene rings is 3. The predicted octanol–water partition coefficient (Wildman–Crippen LogP) is 3.82. The van der Waals surface area contributed by atoms with Crippen LogP contribution in [0.1, 0.15) is 29.0 Å². The van der Waals surface area contributed by atoms with Gasteiger partial charge in [-0.1, -0.05) is 60.7 Å². The van der Waals surface area contributed by atoms with Crippen LogP contribution in [-0.4, -0.2) is 64.4 Å². The van der Waals surface area contributed by atoms with Crippen molar-refractivity contribution in [2.24, 2.45) is 0 Å². The summed E-state index contributed by atoms with van der Waals surface area (Å²) in [6.07, 6.45) is 0.728. The van der Waals surface area contributed by atoms with Crippen molar-refractivity contribution >= 4 is 5.91 Å². The lowest BCUT2D eigenvalue weighted by molar-refractivity contribution is -0.125. The lowest BCUT2D eigenvalue weighted by atomic mass is 9.90.